The van der Waals surface area contributed by atoms with Gasteiger partial charge in [-0.25, -0.2) is 4.98 Å². The molecule has 1 aliphatic heterocycles. The molecule has 10 nitrogen and oxygen atoms in total. The third-order valence-electron chi connectivity index (χ3n) is 9.02. The molecule has 0 radical (unpaired) electrons. The molecule has 1 fully saturated rings. The Hall–Kier alpha value is -5.22. The van der Waals surface area contributed by atoms with Crippen molar-refractivity contribution in [3.8, 4) is 11.1 Å². The van der Waals surface area contributed by atoms with E-state index in [1.807, 2.05) is 84.8 Å². The third kappa shape index (κ3) is 6.55. The molecule has 1 aliphatic rings. The number of rotatable bonds is 10. The zero-order chi connectivity index (χ0) is 33.2. The molecule has 1 saturated heterocycles. The van der Waals surface area contributed by atoms with Crippen LogP contribution in [0.4, 0.5) is 5.82 Å². The average Bonchev–Trinajstić information content (AvgIpc) is 3.86. The van der Waals surface area contributed by atoms with Gasteiger partial charge in [0.05, 0.1) is 11.9 Å². The van der Waals surface area contributed by atoms with Crippen molar-refractivity contribution >= 4 is 34.4 Å². The zero-order valence-corrected chi connectivity index (χ0v) is 27.0. The van der Waals surface area contributed by atoms with Crippen LogP contribution in [-0.4, -0.2) is 61.8 Å². The van der Waals surface area contributed by atoms with E-state index in [1.165, 1.54) is 0 Å². The molecule has 47 heavy (non-hydrogen) atoms. The number of benzene rings is 3. The van der Waals surface area contributed by atoms with Gasteiger partial charge < -0.3 is 30.8 Å². The van der Waals surface area contributed by atoms with Gasteiger partial charge in [-0.05, 0) is 61.9 Å². The highest BCUT2D eigenvalue weighted by molar-refractivity contribution is 5.98. The van der Waals surface area contributed by atoms with Gasteiger partial charge in [0.2, 0.25) is 11.8 Å². The number of carbonyl (C=O) groups excluding carboxylic acids is 3. The first-order valence-corrected chi connectivity index (χ1v) is 16.0. The van der Waals surface area contributed by atoms with E-state index in [0.29, 0.717) is 13.1 Å². The summed E-state index contributed by atoms with van der Waals surface area (Å²) in [6.45, 7) is 6.47. The number of amides is 3. The van der Waals surface area contributed by atoms with Crippen LogP contribution in [0.25, 0.3) is 22.0 Å². The summed E-state index contributed by atoms with van der Waals surface area (Å²) in [4.78, 5) is 50.5. The van der Waals surface area contributed by atoms with E-state index in [-0.39, 0.29) is 18.1 Å². The van der Waals surface area contributed by atoms with Gasteiger partial charge in [0.25, 0.3) is 5.91 Å². The van der Waals surface area contributed by atoms with E-state index < -0.39 is 28.9 Å². The first kappa shape index (κ1) is 31.7. The summed E-state index contributed by atoms with van der Waals surface area (Å²) >= 11 is 0. The number of hydrogen-bond acceptors (Lipinski definition) is 5. The number of carbonyl (C=O) groups is 3. The van der Waals surface area contributed by atoms with Crippen molar-refractivity contribution in [3.05, 3.63) is 109 Å². The van der Waals surface area contributed by atoms with Gasteiger partial charge in [0, 0.05) is 42.8 Å². The Labute approximate surface area is 274 Å². The number of nitrogens with two attached hydrogens (primary N) is 1. The number of likely N-dealkylation sites (tertiary alicyclic amines) is 1. The fraction of sp³-hybridized carbons (Fsp3) is 0.297. The lowest BCUT2D eigenvalue weighted by atomic mass is 9.88. The highest BCUT2D eigenvalue weighted by atomic mass is 16.2. The Bertz CT molecular complexity index is 1880. The van der Waals surface area contributed by atoms with Crippen LogP contribution in [0.3, 0.4) is 0 Å². The second-order valence-electron chi connectivity index (χ2n) is 13.0. The Kier molecular flexibility index (Phi) is 8.70. The molecule has 5 N–H and O–H groups in total. The maximum atomic E-state index is 14.2. The maximum Gasteiger partial charge on any atom is 0.253 e. The monoisotopic (exact) mass is 631 g/mol. The topological polar surface area (TPSA) is 138 Å². The Morgan fingerprint density at radius 1 is 0.915 bits per heavy atom. The number of aromatic nitrogens is 3. The maximum absolute atomic E-state index is 14.2. The Morgan fingerprint density at radius 3 is 2.28 bits per heavy atom. The van der Waals surface area contributed by atoms with Crippen LogP contribution < -0.4 is 16.4 Å². The van der Waals surface area contributed by atoms with Crippen LogP contribution >= 0.6 is 0 Å². The van der Waals surface area contributed by atoms with Crippen LogP contribution in [0.15, 0.2) is 97.6 Å². The molecule has 0 spiro atoms. The zero-order valence-electron chi connectivity index (χ0n) is 27.0. The van der Waals surface area contributed by atoms with E-state index in [0.717, 1.165) is 46.0 Å². The minimum absolute atomic E-state index is 0.0348. The molecule has 3 heterocycles. The van der Waals surface area contributed by atoms with Crippen LogP contribution in [-0.2, 0) is 26.3 Å². The third-order valence-corrected chi connectivity index (χ3v) is 9.02. The van der Waals surface area contributed by atoms with Crippen molar-refractivity contribution in [3.63, 3.8) is 0 Å². The molecule has 6 rings (SSSR count). The van der Waals surface area contributed by atoms with Crippen LogP contribution in [0.5, 0.6) is 0 Å². The number of para-hydroxylation sites is 1. The number of H-pyrrole nitrogens is 1. The average molecular weight is 632 g/mol. The SMILES string of the molecule is CC(C)(N)C(=O)NC(Cc1c[nH]c2ccccc12)C(=O)Nc1cn(C(C)(C(=O)N2CCCC2)c2ccc(-c3ccccc3)cc2)cn1. The summed E-state index contributed by atoms with van der Waals surface area (Å²) in [7, 11) is 0. The summed E-state index contributed by atoms with van der Waals surface area (Å²) in [5.41, 5.74) is 8.53. The van der Waals surface area contributed by atoms with E-state index in [1.54, 1.807) is 30.9 Å². The van der Waals surface area contributed by atoms with E-state index in [4.69, 9.17) is 5.73 Å². The van der Waals surface area contributed by atoms with Gasteiger partial charge in [-0.2, -0.15) is 0 Å². The molecule has 3 aromatic carbocycles. The molecule has 242 valence electrons. The number of imidazole rings is 1. The summed E-state index contributed by atoms with van der Waals surface area (Å²) in [5, 5.41) is 6.68. The quantitative estimate of drug-likeness (QED) is 0.175. The van der Waals surface area contributed by atoms with Crippen molar-refractivity contribution in [1.29, 1.82) is 0 Å². The van der Waals surface area contributed by atoms with Gasteiger partial charge >= 0.3 is 0 Å². The Morgan fingerprint density at radius 2 is 1.57 bits per heavy atom. The number of aromatic amines is 1. The standard InChI is InChI=1S/C37H41N7O3/c1-36(2,38)34(46)41-31(21-27-22-39-30-14-8-7-13-29(27)30)33(45)42-32-23-44(24-40-32)37(3,35(47)43-19-9-10-20-43)28-17-15-26(16-18-28)25-11-5-4-6-12-25/h4-8,11-18,22-24,31,39H,9-10,19-21,38H2,1-3H3,(H,41,46)(H,42,45). The molecular weight excluding hydrogens is 590 g/mol. The smallest absolute Gasteiger partial charge is 0.253 e. The first-order valence-electron chi connectivity index (χ1n) is 16.0. The summed E-state index contributed by atoms with van der Waals surface area (Å²) < 4.78 is 1.76. The summed E-state index contributed by atoms with van der Waals surface area (Å²) in [5.74, 6) is -0.669. The van der Waals surface area contributed by atoms with Crippen LogP contribution in [0.1, 0.15) is 44.7 Å². The number of anilines is 1. The van der Waals surface area contributed by atoms with Gasteiger partial charge in [0.15, 0.2) is 5.82 Å². The highest BCUT2D eigenvalue weighted by Gasteiger charge is 2.41. The van der Waals surface area contributed by atoms with E-state index in [2.05, 4.69) is 32.7 Å². The predicted molar refractivity (Wildman–Crippen MR) is 183 cm³/mol. The number of fused-ring (bicyclic) bond motifs is 1. The minimum atomic E-state index is -1.19. The molecule has 0 bridgehead atoms. The van der Waals surface area contributed by atoms with E-state index >= 15 is 0 Å². The van der Waals surface area contributed by atoms with E-state index in [9.17, 15) is 14.4 Å². The number of hydrogen-bond donors (Lipinski definition) is 4. The second kappa shape index (κ2) is 12.9. The Balaban J connectivity index is 1.29. The first-order chi connectivity index (χ1) is 22.5. The lowest BCUT2D eigenvalue weighted by Gasteiger charge is -2.34. The molecule has 2 aromatic heterocycles. The van der Waals surface area contributed by atoms with Gasteiger partial charge in [-0.1, -0.05) is 72.8 Å². The minimum Gasteiger partial charge on any atom is -0.361 e. The number of nitrogens with one attached hydrogen (secondary N) is 3. The van der Waals surface area contributed by atoms with Crippen molar-refractivity contribution in [2.75, 3.05) is 18.4 Å². The molecule has 0 saturated carbocycles. The fourth-order valence-corrected chi connectivity index (χ4v) is 6.15. The summed E-state index contributed by atoms with van der Waals surface area (Å²) in [6.07, 6.45) is 7.25. The molecule has 10 heteroatoms. The predicted octanol–water partition coefficient (Wildman–Crippen LogP) is 4.82. The largest absolute Gasteiger partial charge is 0.361 e. The molecule has 2 unspecified atom stereocenters. The molecule has 2 atom stereocenters. The van der Waals surface area contributed by atoms with Crippen molar-refractivity contribution in [2.24, 2.45) is 5.73 Å². The highest BCUT2D eigenvalue weighted by Crippen LogP contribution is 2.33. The molecular formula is C37H41N7O3. The normalized spacial score (nSPS) is 15.3. The van der Waals surface area contributed by atoms with Gasteiger partial charge in [-0.3, -0.25) is 14.4 Å². The fourth-order valence-electron chi connectivity index (χ4n) is 6.15. The molecule has 3 amide bonds. The summed E-state index contributed by atoms with van der Waals surface area (Å²) in [6, 6.07) is 25.0. The van der Waals surface area contributed by atoms with Gasteiger partial charge in [0.1, 0.15) is 11.6 Å². The van der Waals surface area contributed by atoms with Crippen LogP contribution in [0.2, 0.25) is 0 Å². The molecule has 0 aliphatic carbocycles. The lowest BCUT2D eigenvalue weighted by Crippen LogP contribution is -2.55. The van der Waals surface area contributed by atoms with Gasteiger partial charge in [-0.15, -0.1) is 0 Å². The van der Waals surface area contributed by atoms with Crippen molar-refractivity contribution in [1.82, 2.24) is 24.8 Å². The van der Waals surface area contributed by atoms with Crippen LogP contribution in [0, 0.1) is 0 Å². The second-order valence-corrected chi connectivity index (χ2v) is 13.0. The molecule has 5 aromatic rings. The lowest BCUT2D eigenvalue weighted by molar-refractivity contribution is -0.137. The van der Waals surface area contributed by atoms with Crippen molar-refractivity contribution < 1.29 is 14.4 Å². The number of nitrogens with zero attached hydrogens (tertiary/aromatic N) is 3. The van der Waals surface area contributed by atoms with Crippen molar-refractivity contribution in [2.45, 2.75) is 57.2 Å².